The number of rotatable bonds is 2. The fourth-order valence-corrected chi connectivity index (χ4v) is 1.20. The molecule has 0 fully saturated rings. The Hall–Kier alpha value is -1.46. The average Bonchev–Trinajstić information content (AvgIpc) is 2.67. The Kier molecular flexibility index (Phi) is 2.43. The zero-order valence-electron chi connectivity index (χ0n) is 7.14. The van der Waals surface area contributed by atoms with Gasteiger partial charge in [0.2, 0.25) is 0 Å². The topological polar surface area (TPSA) is 77.8 Å². The lowest BCUT2D eigenvalue weighted by Crippen LogP contribution is -1.97. The maximum atomic E-state index is 5.89. The molecule has 14 heavy (non-hydrogen) atoms. The molecule has 0 unspecified atom stereocenters. The molecule has 0 aromatic carbocycles. The minimum atomic E-state index is 0.242. The van der Waals surface area contributed by atoms with Crippen LogP contribution in [0.5, 0.6) is 0 Å². The van der Waals surface area contributed by atoms with Gasteiger partial charge in [0.1, 0.15) is 0 Å². The van der Waals surface area contributed by atoms with E-state index in [9.17, 15) is 0 Å². The second-order valence-corrected chi connectivity index (χ2v) is 2.98. The van der Waals surface area contributed by atoms with Gasteiger partial charge in [-0.25, -0.2) is 0 Å². The minimum absolute atomic E-state index is 0.242. The van der Waals surface area contributed by atoms with E-state index in [1.54, 1.807) is 12.3 Å². The summed E-state index contributed by atoms with van der Waals surface area (Å²) >= 11 is 5.89. The first-order chi connectivity index (χ1) is 6.81. The van der Waals surface area contributed by atoms with E-state index >= 15 is 0 Å². The molecule has 5 nitrogen and oxygen atoms in total. The highest BCUT2D eigenvalue weighted by atomic mass is 35.5. The van der Waals surface area contributed by atoms with Crippen LogP contribution in [0.15, 0.2) is 23.0 Å². The van der Waals surface area contributed by atoms with Crippen molar-refractivity contribution in [2.45, 2.75) is 6.54 Å². The summed E-state index contributed by atoms with van der Waals surface area (Å²) in [4.78, 5) is 7.90. The number of nitrogens with zero attached hydrogens (tertiary/aromatic N) is 3. The summed E-state index contributed by atoms with van der Waals surface area (Å²) in [5, 5.41) is 4.13. The molecule has 0 atom stereocenters. The largest absolute Gasteiger partial charge is 0.334 e. The molecule has 0 amide bonds. The quantitative estimate of drug-likeness (QED) is 0.807. The predicted molar refractivity (Wildman–Crippen MR) is 50.4 cm³/mol. The Morgan fingerprint density at radius 3 is 3.00 bits per heavy atom. The van der Waals surface area contributed by atoms with Crippen LogP contribution in [0.2, 0.25) is 5.02 Å². The second-order valence-electron chi connectivity index (χ2n) is 2.58. The maximum Gasteiger partial charge on any atom is 0.259 e. The normalized spacial score (nSPS) is 10.4. The van der Waals surface area contributed by atoms with Gasteiger partial charge in [-0.15, -0.1) is 0 Å². The summed E-state index contributed by atoms with van der Waals surface area (Å²) in [5.41, 5.74) is 6.01. The van der Waals surface area contributed by atoms with Gasteiger partial charge in [0.15, 0.2) is 5.82 Å². The zero-order valence-corrected chi connectivity index (χ0v) is 7.90. The molecule has 0 aliphatic rings. The van der Waals surface area contributed by atoms with Gasteiger partial charge in [-0.2, -0.15) is 4.98 Å². The number of hydrogen-bond donors (Lipinski definition) is 1. The number of aromatic nitrogens is 3. The third-order valence-corrected chi connectivity index (χ3v) is 1.95. The molecule has 0 saturated heterocycles. The smallest absolute Gasteiger partial charge is 0.259 e. The standard InChI is InChI=1S/C8H7ClN4O/c9-6-4-11-2-1-5(6)8-12-7(3-10)13-14-8/h1-2,4H,3,10H2. The lowest BCUT2D eigenvalue weighted by Gasteiger charge is -1.94. The maximum absolute atomic E-state index is 5.89. The van der Waals surface area contributed by atoms with Crippen LogP contribution in [0, 0.1) is 0 Å². The molecule has 72 valence electrons. The molecular weight excluding hydrogens is 204 g/mol. The van der Waals surface area contributed by atoms with Crippen LogP contribution in [0.3, 0.4) is 0 Å². The van der Waals surface area contributed by atoms with Gasteiger partial charge < -0.3 is 10.3 Å². The molecule has 0 saturated carbocycles. The fourth-order valence-electron chi connectivity index (χ4n) is 0.995. The predicted octanol–water partition coefficient (Wildman–Crippen LogP) is 1.24. The minimum Gasteiger partial charge on any atom is -0.334 e. The van der Waals surface area contributed by atoms with E-state index in [1.165, 1.54) is 6.20 Å². The Bertz CT molecular complexity index is 442. The summed E-state index contributed by atoms with van der Waals surface area (Å²) in [6.07, 6.45) is 3.12. The van der Waals surface area contributed by atoms with Crippen LogP contribution < -0.4 is 5.73 Å². The Labute approximate surface area is 84.9 Å². The Balaban J connectivity index is 2.44. The van der Waals surface area contributed by atoms with E-state index in [2.05, 4.69) is 15.1 Å². The number of hydrogen-bond acceptors (Lipinski definition) is 5. The Morgan fingerprint density at radius 2 is 2.36 bits per heavy atom. The van der Waals surface area contributed by atoms with Crippen molar-refractivity contribution in [2.75, 3.05) is 0 Å². The van der Waals surface area contributed by atoms with E-state index in [0.717, 1.165) is 0 Å². The van der Waals surface area contributed by atoms with Crippen LogP contribution in [0.4, 0.5) is 0 Å². The summed E-state index contributed by atoms with van der Waals surface area (Å²) in [6.45, 7) is 0.242. The monoisotopic (exact) mass is 210 g/mol. The van der Waals surface area contributed by atoms with Crippen LogP contribution >= 0.6 is 11.6 Å². The van der Waals surface area contributed by atoms with Crippen molar-refractivity contribution in [3.8, 4) is 11.5 Å². The van der Waals surface area contributed by atoms with Gasteiger partial charge in [0.05, 0.1) is 17.1 Å². The highest BCUT2D eigenvalue weighted by Gasteiger charge is 2.10. The molecule has 2 rings (SSSR count). The summed E-state index contributed by atoms with van der Waals surface area (Å²) in [5.74, 6) is 0.811. The zero-order chi connectivity index (χ0) is 9.97. The molecule has 0 radical (unpaired) electrons. The van der Waals surface area contributed by atoms with Gasteiger partial charge in [0, 0.05) is 12.4 Å². The summed E-state index contributed by atoms with van der Waals surface area (Å²) in [6, 6.07) is 1.70. The third-order valence-electron chi connectivity index (χ3n) is 1.65. The molecule has 2 heterocycles. The van der Waals surface area contributed by atoms with Crippen LogP contribution in [-0.2, 0) is 6.54 Å². The number of halogens is 1. The SMILES string of the molecule is NCc1noc(-c2ccncc2Cl)n1. The lowest BCUT2D eigenvalue weighted by atomic mass is 10.3. The number of nitrogens with two attached hydrogens (primary N) is 1. The van der Waals surface area contributed by atoms with Crippen molar-refractivity contribution in [1.82, 2.24) is 15.1 Å². The molecule has 2 N–H and O–H groups in total. The first-order valence-electron chi connectivity index (χ1n) is 3.94. The number of pyridine rings is 1. The fraction of sp³-hybridized carbons (Fsp3) is 0.125. The van der Waals surface area contributed by atoms with Crippen molar-refractivity contribution in [3.63, 3.8) is 0 Å². The van der Waals surface area contributed by atoms with Crippen LogP contribution in [0.1, 0.15) is 5.82 Å². The van der Waals surface area contributed by atoms with Crippen molar-refractivity contribution < 1.29 is 4.52 Å². The molecule has 6 heteroatoms. The summed E-state index contributed by atoms with van der Waals surface area (Å²) < 4.78 is 4.97. The Morgan fingerprint density at radius 1 is 1.50 bits per heavy atom. The molecule has 0 bridgehead atoms. The van der Waals surface area contributed by atoms with Gasteiger partial charge in [0.25, 0.3) is 5.89 Å². The van der Waals surface area contributed by atoms with Crippen LogP contribution in [0.25, 0.3) is 11.5 Å². The van der Waals surface area contributed by atoms with Crippen molar-refractivity contribution in [1.29, 1.82) is 0 Å². The first kappa shape index (κ1) is 9.11. The highest BCUT2D eigenvalue weighted by molar-refractivity contribution is 6.32. The third kappa shape index (κ3) is 1.59. The average molecular weight is 211 g/mol. The lowest BCUT2D eigenvalue weighted by molar-refractivity contribution is 0.423. The highest BCUT2D eigenvalue weighted by Crippen LogP contribution is 2.24. The van der Waals surface area contributed by atoms with Crippen molar-refractivity contribution in [2.24, 2.45) is 5.73 Å². The van der Waals surface area contributed by atoms with Gasteiger partial charge in [-0.05, 0) is 6.07 Å². The molecule has 0 aliphatic heterocycles. The van der Waals surface area contributed by atoms with E-state index in [0.29, 0.717) is 22.3 Å². The van der Waals surface area contributed by atoms with Gasteiger partial charge >= 0.3 is 0 Å². The first-order valence-corrected chi connectivity index (χ1v) is 4.31. The van der Waals surface area contributed by atoms with Gasteiger partial charge in [-0.3, -0.25) is 4.98 Å². The van der Waals surface area contributed by atoms with Crippen molar-refractivity contribution in [3.05, 3.63) is 29.3 Å². The molecule has 2 aromatic rings. The van der Waals surface area contributed by atoms with Gasteiger partial charge in [-0.1, -0.05) is 16.8 Å². The second kappa shape index (κ2) is 3.73. The molecule has 0 spiro atoms. The molecular formula is C8H7ClN4O. The van der Waals surface area contributed by atoms with E-state index in [-0.39, 0.29) is 6.54 Å². The van der Waals surface area contributed by atoms with E-state index < -0.39 is 0 Å². The van der Waals surface area contributed by atoms with E-state index in [4.69, 9.17) is 21.9 Å². The van der Waals surface area contributed by atoms with Crippen molar-refractivity contribution >= 4 is 11.6 Å². The molecule has 2 aromatic heterocycles. The van der Waals surface area contributed by atoms with E-state index in [1.807, 2.05) is 0 Å². The van der Waals surface area contributed by atoms with Crippen LogP contribution in [-0.4, -0.2) is 15.1 Å². The summed E-state index contributed by atoms with van der Waals surface area (Å²) in [7, 11) is 0. The molecule has 0 aliphatic carbocycles.